The molecule has 0 bridgehead atoms. The lowest BCUT2D eigenvalue weighted by molar-refractivity contribution is -0.145. The third-order valence-corrected chi connectivity index (χ3v) is 4.35. The van der Waals surface area contributed by atoms with Gasteiger partial charge in [-0.05, 0) is 17.8 Å². The Kier molecular flexibility index (Phi) is 6.70. The monoisotopic (exact) mass is 228 g/mol. The predicted molar refractivity (Wildman–Crippen MR) is 68.5 cm³/mol. The van der Waals surface area contributed by atoms with Gasteiger partial charge in [0.2, 0.25) is 0 Å². The zero-order chi connectivity index (χ0) is 12.8. The summed E-state index contributed by atoms with van der Waals surface area (Å²) in [6.07, 6.45) is 4.89. The van der Waals surface area contributed by atoms with Gasteiger partial charge < -0.3 is 5.11 Å². The quantitative estimate of drug-likeness (QED) is 0.671. The molecule has 96 valence electrons. The normalized spacial score (nSPS) is 14.1. The summed E-state index contributed by atoms with van der Waals surface area (Å²) < 4.78 is 0. The van der Waals surface area contributed by atoms with E-state index in [1.54, 1.807) is 0 Å². The van der Waals surface area contributed by atoms with E-state index in [4.69, 9.17) is 0 Å². The van der Waals surface area contributed by atoms with E-state index in [2.05, 4.69) is 34.6 Å². The second-order valence-electron chi connectivity index (χ2n) is 5.24. The molecule has 0 aromatic rings. The molecule has 0 amide bonds. The molecule has 2 heteroatoms. The van der Waals surface area contributed by atoms with E-state index in [-0.39, 0.29) is 11.3 Å². The van der Waals surface area contributed by atoms with Crippen LogP contribution in [0.1, 0.15) is 66.7 Å². The van der Waals surface area contributed by atoms with Crippen LogP contribution in [0.5, 0.6) is 0 Å². The van der Waals surface area contributed by atoms with E-state index in [1.165, 1.54) is 0 Å². The smallest absolute Gasteiger partial charge is 0.306 e. The van der Waals surface area contributed by atoms with E-state index >= 15 is 0 Å². The average Bonchev–Trinajstić information content (AvgIpc) is 2.28. The Hall–Kier alpha value is -0.530. The van der Waals surface area contributed by atoms with Crippen molar-refractivity contribution in [2.75, 3.05) is 0 Å². The Labute approximate surface area is 100 Å². The van der Waals surface area contributed by atoms with Crippen molar-refractivity contribution in [1.29, 1.82) is 0 Å². The first-order valence-electron chi connectivity index (χ1n) is 6.66. The summed E-state index contributed by atoms with van der Waals surface area (Å²) in [5.41, 5.74) is 0.186. The molecule has 0 aromatic carbocycles. The van der Waals surface area contributed by atoms with Gasteiger partial charge in [0, 0.05) is 0 Å². The van der Waals surface area contributed by atoms with Crippen molar-refractivity contribution in [2.24, 2.45) is 17.3 Å². The second kappa shape index (κ2) is 6.93. The SMILES string of the molecule is CCC(CC)C(CC(C)(CC)CC)C(=O)O. The number of hydrogen-bond acceptors (Lipinski definition) is 1. The van der Waals surface area contributed by atoms with E-state index in [0.717, 1.165) is 32.1 Å². The van der Waals surface area contributed by atoms with Gasteiger partial charge in [0.15, 0.2) is 0 Å². The zero-order valence-corrected chi connectivity index (χ0v) is 11.5. The van der Waals surface area contributed by atoms with Gasteiger partial charge >= 0.3 is 5.97 Å². The topological polar surface area (TPSA) is 37.3 Å². The molecule has 0 spiro atoms. The minimum absolute atomic E-state index is 0.167. The fourth-order valence-electron chi connectivity index (χ4n) is 2.38. The van der Waals surface area contributed by atoms with Crippen molar-refractivity contribution in [3.8, 4) is 0 Å². The van der Waals surface area contributed by atoms with E-state index in [1.807, 2.05) is 0 Å². The van der Waals surface area contributed by atoms with Crippen LogP contribution in [-0.4, -0.2) is 11.1 Å². The first-order valence-corrected chi connectivity index (χ1v) is 6.66. The zero-order valence-electron chi connectivity index (χ0n) is 11.5. The molecule has 16 heavy (non-hydrogen) atoms. The highest BCUT2D eigenvalue weighted by atomic mass is 16.4. The third-order valence-electron chi connectivity index (χ3n) is 4.35. The summed E-state index contributed by atoms with van der Waals surface area (Å²) in [6.45, 7) is 10.7. The van der Waals surface area contributed by atoms with Crippen LogP contribution < -0.4 is 0 Å². The maximum atomic E-state index is 11.4. The molecule has 0 fully saturated rings. The lowest BCUT2D eigenvalue weighted by atomic mass is 9.72. The molecular weight excluding hydrogens is 200 g/mol. The van der Waals surface area contributed by atoms with Crippen molar-refractivity contribution >= 4 is 5.97 Å². The Morgan fingerprint density at radius 1 is 1.12 bits per heavy atom. The lowest BCUT2D eigenvalue weighted by Gasteiger charge is -2.33. The minimum Gasteiger partial charge on any atom is -0.481 e. The van der Waals surface area contributed by atoms with Crippen LogP contribution in [-0.2, 0) is 4.79 Å². The molecule has 0 radical (unpaired) electrons. The van der Waals surface area contributed by atoms with Gasteiger partial charge in [-0.25, -0.2) is 0 Å². The largest absolute Gasteiger partial charge is 0.481 e. The molecule has 0 saturated carbocycles. The molecule has 1 N–H and O–H groups in total. The van der Waals surface area contributed by atoms with Gasteiger partial charge in [0.25, 0.3) is 0 Å². The molecule has 1 unspecified atom stereocenters. The number of carbonyl (C=O) groups is 1. The van der Waals surface area contributed by atoms with Crippen LogP contribution in [0.25, 0.3) is 0 Å². The number of carboxylic acid groups (broad SMARTS) is 1. The van der Waals surface area contributed by atoms with Gasteiger partial charge in [-0.3, -0.25) is 4.79 Å². The van der Waals surface area contributed by atoms with E-state index in [9.17, 15) is 9.90 Å². The van der Waals surface area contributed by atoms with E-state index < -0.39 is 5.97 Å². The first-order chi connectivity index (χ1) is 7.44. The highest BCUT2D eigenvalue weighted by Gasteiger charge is 2.32. The van der Waals surface area contributed by atoms with Gasteiger partial charge in [0.1, 0.15) is 0 Å². The van der Waals surface area contributed by atoms with Crippen LogP contribution in [0.2, 0.25) is 0 Å². The maximum absolute atomic E-state index is 11.4. The summed E-state index contributed by atoms with van der Waals surface area (Å²) in [5, 5.41) is 9.36. The third kappa shape index (κ3) is 4.15. The standard InChI is InChI=1S/C14H28O2/c1-6-11(7-2)12(13(15)16)10-14(5,8-3)9-4/h11-12H,6-10H2,1-5H3,(H,15,16). The van der Waals surface area contributed by atoms with Gasteiger partial charge in [-0.1, -0.05) is 60.3 Å². The van der Waals surface area contributed by atoms with Crippen molar-refractivity contribution in [2.45, 2.75) is 66.7 Å². The number of carboxylic acids is 1. The number of aliphatic carboxylic acids is 1. The Morgan fingerprint density at radius 3 is 1.81 bits per heavy atom. The van der Waals surface area contributed by atoms with Crippen molar-refractivity contribution in [1.82, 2.24) is 0 Å². The van der Waals surface area contributed by atoms with Crippen LogP contribution in [0.3, 0.4) is 0 Å². The van der Waals surface area contributed by atoms with Crippen molar-refractivity contribution < 1.29 is 9.90 Å². The molecule has 2 nitrogen and oxygen atoms in total. The molecule has 0 aromatic heterocycles. The fourth-order valence-corrected chi connectivity index (χ4v) is 2.38. The van der Waals surface area contributed by atoms with Crippen molar-refractivity contribution in [3.63, 3.8) is 0 Å². The molecular formula is C14H28O2. The summed E-state index contributed by atoms with van der Waals surface area (Å²) in [4.78, 5) is 11.4. The van der Waals surface area contributed by atoms with Gasteiger partial charge in [-0.2, -0.15) is 0 Å². The molecule has 0 aliphatic rings. The van der Waals surface area contributed by atoms with Crippen molar-refractivity contribution in [3.05, 3.63) is 0 Å². The minimum atomic E-state index is -0.609. The molecule has 0 saturated heterocycles. The first kappa shape index (κ1) is 15.5. The lowest BCUT2D eigenvalue weighted by Crippen LogP contribution is -2.29. The Morgan fingerprint density at radius 2 is 1.56 bits per heavy atom. The summed E-state index contributed by atoms with van der Waals surface area (Å²) in [6, 6.07) is 0. The van der Waals surface area contributed by atoms with Gasteiger partial charge in [-0.15, -0.1) is 0 Å². The summed E-state index contributed by atoms with van der Waals surface area (Å²) in [5.74, 6) is -0.448. The molecule has 0 aliphatic heterocycles. The van der Waals surface area contributed by atoms with Crippen LogP contribution >= 0.6 is 0 Å². The van der Waals surface area contributed by atoms with Crippen LogP contribution in [0, 0.1) is 17.3 Å². The van der Waals surface area contributed by atoms with Crippen LogP contribution in [0.4, 0.5) is 0 Å². The molecule has 0 heterocycles. The molecule has 0 aliphatic carbocycles. The maximum Gasteiger partial charge on any atom is 0.306 e. The Bertz CT molecular complexity index is 203. The Balaban J connectivity index is 4.73. The average molecular weight is 228 g/mol. The summed E-state index contributed by atoms with van der Waals surface area (Å²) >= 11 is 0. The van der Waals surface area contributed by atoms with Crippen LogP contribution in [0.15, 0.2) is 0 Å². The predicted octanol–water partition coefficient (Wildman–Crippen LogP) is 4.34. The highest BCUT2D eigenvalue weighted by molar-refractivity contribution is 5.70. The summed E-state index contributed by atoms with van der Waals surface area (Å²) in [7, 11) is 0. The molecule has 1 atom stereocenters. The second-order valence-corrected chi connectivity index (χ2v) is 5.24. The number of rotatable bonds is 8. The highest BCUT2D eigenvalue weighted by Crippen LogP contribution is 2.37. The van der Waals surface area contributed by atoms with Gasteiger partial charge in [0.05, 0.1) is 5.92 Å². The fraction of sp³-hybridized carbons (Fsp3) is 0.929. The number of hydrogen-bond donors (Lipinski definition) is 1. The van der Waals surface area contributed by atoms with E-state index in [0.29, 0.717) is 5.92 Å². The molecule has 0 rings (SSSR count).